The normalized spacial score (nSPS) is 11.7. The summed E-state index contributed by atoms with van der Waals surface area (Å²) in [4.78, 5) is 16.6. The first-order valence-electron chi connectivity index (χ1n) is 8.01. The summed E-state index contributed by atoms with van der Waals surface area (Å²) >= 11 is 5.75. The van der Waals surface area contributed by atoms with E-state index in [4.69, 9.17) is 11.6 Å². The van der Waals surface area contributed by atoms with Crippen LogP contribution in [0.25, 0.3) is 5.78 Å². The van der Waals surface area contributed by atoms with Gasteiger partial charge >= 0.3 is 0 Å². The molecule has 3 aromatic rings. The molecule has 2 heterocycles. The molecular formula is C16H17ClN6O3S. The van der Waals surface area contributed by atoms with Crippen LogP contribution in [0.3, 0.4) is 0 Å². The molecule has 27 heavy (non-hydrogen) atoms. The number of fused-ring (bicyclic) bond motifs is 1. The highest BCUT2D eigenvalue weighted by Gasteiger charge is 2.17. The zero-order valence-electron chi connectivity index (χ0n) is 14.6. The molecule has 3 rings (SSSR count). The van der Waals surface area contributed by atoms with Crippen molar-refractivity contribution in [2.75, 3.05) is 13.1 Å². The molecule has 0 unspecified atom stereocenters. The van der Waals surface area contributed by atoms with Gasteiger partial charge in [0.15, 0.2) is 0 Å². The van der Waals surface area contributed by atoms with Crippen LogP contribution in [0, 0.1) is 13.8 Å². The molecule has 0 saturated carbocycles. The van der Waals surface area contributed by atoms with Crippen molar-refractivity contribution in [2.45, 2.75) is 18.7 Å². The van der Waals surface area contributed by atoms with Gasteiger partial charge in [0.05, 0.1) is 4.90 Å². The van der Waals surface area contributed by atoms with Gasteiger partial charge in [0.25, 0.3) is 11.7 Å². The molecule has 0 fully saturated rings. The molecular weight excluding hydrogens is 392 g/mol. The van der Waals surface area contributed by atoms with E-state index in [-0.39, 0.29) is 23.8 Å². The van der Waals surface area contributed by atoms with E-state index in [9.17, 15) is 13.2 Å². The number of hydrogen-bond donors (Lipinski definition) is 2. The number of amides is 1. The van der Waals surface area contributed by atoms with Crippen molar-refractivity contribution < 1.29 is 13.2 Å². The largest absolute Gasteiger partial charge is 0.348 e. The summed E-state index contributed by atoms with van der Waals surface area (Å²) in [6, 6.07) is 7.61. The van der Waals surface area contributed by atoms with Gasteiger partial charge in [-0.05, 0) is 44.2 Å². The summed E-state index contributed by atoms with van der Waals surface area (Å²) in [6.45, 7) is 3.75. The molecule has 2 aromatic heterocycles. The van der Waals surface area contributed by atoms with E-state index in [2.05, 4.69) is 25.2 Å². The maximum absolute atomic E-state index is 12.3. The number of carbonyl (C=O) groups excluding carboxylic acids is 1. The SMILES string of the molecule is Cc1cc(C)n2c(C(=O)NCCNS(=O)(=O)c3ccc(Cl)cc3)nnc2n1. The van der Waals surface area contributed by atoms with Gasteiger partial charge in [-0.3, -0.25) is 9.20 Å². The molecule has 142 valence electrons. The van der Waals surface area contributed by atoms with Crippen LogP contribution in [0.5, 0.6) is 0 Å². The zero-order chi connectivity index (χ0) is 19.6. The standard InChI is InChI=1S/C16H17ClN6O3S/c1-10-9-11(2)23-14(21-22-16(23)20-10)15(24)18-7-8-19-27(25,26)13-5-3-12(17)4-6-13/h3-6,9,19H,7-8H2,1-2H3,(H,18,24). The fourth-order valence-corrected chi connectivity index (χ4v) is 3.67. The zero-order valence-corrected chi connectivity index (χ0v) is 16.2. The maximum atomic E-state index is 12.3. The molecule has 0 saturated heterocycles. The van der Waals surface area contributed by atoms with Crippen LogP contribution < -0.4 is 10.0 Å². The third-order valence-corrected chi connectivity index (χ3v) is 5.45. The summed E-state index contributed by atoms with van der Waals surface area (Å²) in [7, 11) is -3.68. The van der Waals surface area contributed by atoms with Gasteiger partial charge in [-0.15, -0.1) is 10.2 Å². The quantitative estimate of drug-likeness (QED) is 0.589. The number of benzene rings is 1. The Hall–Kier alpha value is -2.56. The fourth-order valence-electron chi connectivity index (χ4n) is 2.51. The monoisotopic (exact) mass is 408 g/mol. The molecule has 9 nitrogen and oxygen atoms in total. The number of nitrogens with one attached hydrogen (secondary N) is 2. The summed E-state index contributed by atoms with van der Waals surface area (Å²) in [5.74, 6) is -0.0430. The predicted molar refractivity (Wildman–Crippen MR) is 99.2 cm³/mol. The Labute approximate surface area is 160 Å². The maximum Gasteiger partial charge on any atom is 0.289 e. The molecule has 0 radical (unpaired) electrons. The van der Waals surface area contributed by atoms with Crippen LogP contribution in [0.2, 0.25) is 5.02 Å². The van der Waals surface area contributed by atoms with E-state index in [0.29, 0.717) is 10.8 Å². The Morgan fingerprint density at radius 2 is 1.85 bits per heavy atom. The van der Waals surface area contributed by atoms with Crippen molar-refractivity contribution >= 4 is 33.3 Å². The van der Waals surface area contributed by atoms with Crippen molar-refractivity contribution in [1.82, 2.24) is 29.6 Å². The van der Waals surface area contributed by atoms with Crippen molar-refractivity contribution in [3.63, 3.8) is 0 Å². The fraction of sp³-hybridized carbons (Fsp3) is 0.250. The summed E-state index contributed by atoms with van der Waals surface area (Å²) in [5.41, 5.74) is 1.55. The first kappa shape index (κ1) is 19.2. The second kappa shape index (κ2) is 7.59. The van der Waals surface area contributed by atoms with Crippen molar-refractivity contribution in [1.29, 1.82) is 0 Å². The van der Waals surface area contributed by atoms with E-state index in [0.717, 1.165) is 11.4 Å². The molecule has 1 aromatic carbocycles. The van der Waals surface area contributed by atoms with E-state index in [1.807, 2.05) is 19.9 Å². The van der Waals surface area contributed by atoms with Crippen LogP contribution in [-0.4, -0.2) is 47.0 Å². The lowest BCUT2D eigenvalue weighted by Gasteiger charge is -2.08. The van der Waals surface area contributed by atoms with E-state index in [1.165, 1.54) is 24.3 Å². The number of rotatable bonds is 6. The lowest BCUT2D eigenvalue weighted by molar-refractivity contribution is 0.0942. The molecule has 0 aliphatic carbocycles. The second-order valence-electron chi connectivity index (χ2n) is 5.81. The third kappa shape index (κ3) is 4.24. The second-order valence-corrected chi connectivity index (χ2v) is 8.01. The van der Waals surface area contributed by atoms with Crippen LogP contribution in [0.1, 0.15) is 22.0 Å². The lowest BCUT2D eigenvalue weighted by atomic mass is 10.3. The van der Waals surface area contributed by atoms with Crippen molar-refractivity contribution in [3.8, 4) is 0 Å². The number of sulfonamides is 1. The van der Waals surface area contributed by atoms with Gasteiger partial charge in [0, 0.05) is 29.5 Å². The number of aromatic nitrogens is 4. The van der Waals surface area contributed by atoms with Gasteiger partial charge in [-0.25, -0.2) is 18.1 Å². The van der Waals surface area contributed by atoms with Gasteiger partial charge in [0.2, 0.25) is 15.8 Å². The smallest absolute Gasteiger partial charge is 0.289 e. The lowest BCUT2D eigenvalue weighted by Crippen LogP contribution is -2.35. The average molecular weight is 409 g/mol. The van der Waals surface area contributed by atoms with Crippen molar-refractivity contribution in [2.24, 2.45) is 0 Å². The number of nitrogens with zero attached hydrogens (tertiary/aromatic N) is 4. The molecule has 0 atom stereocenters. The summed E-state index contributed by atoms with van der Waals surface area (Å²) in [5, 5.41) is 10.8. The number of aryl methyl sites for hydroxylation is 2. The number of hydrogen-bond acceptors (Lipinski definition) is 6. The molecule has 0 bridgehead atoms. The Morgan fingerprint density at radius 1 is 1.15 bits per heavy atom. The molecule has 0 aliphatic rings. The molecule has 0 spiro atoms. The first-order chi connectivity index (χ1) is 12.8. The van der Waals surface area contributed by atoms with Crippen LogP contribution >= 0.6 is 11.6 Å². The Balaban J connectivity index is 1.61. The molecule has 2 N–H and O–H groups in total. The minimum absolute atomic E-state index is 0.0176. The highest BCUT2D eigenvalue weighted by atomic mass is 35.5. The van der Waals surface area contributed by atoms with E-state index in [1.54, 1.807) is 4.40 Å². The van der Waals surface area contributed by atoms with Crippen molar-refractivity contribution in [3.05, 3.63) is 52.6 Å². The minimum Gasteiger partial charge on any atom is -0.348 e. The Morgan fingerprint density at radius 3 is 2.56 bits per heavy atom. The van der Waals surface area contributed by atoms with E-state index >= 15 is 0 Å². The Bertz CT molecular complexity index is 1100. The summed E-state index contributed by atoms with van der Waals surface area (Å²) in [6.07, 6.45) is 0. The first-order valence-corrected chi connectivity index (χ1v) is 9.87. The van der Waals surface area contributed by atoms with Gasteiger partial charge in [-0.2, -0.15) is 0 Å². The minimum atomic E-state index is -3.68. The molecule has 0 aliphatic heterocycles. The Kier molecular flexibility index (Phi) is 5.40. The molecule has 1 amide bonds. The van der Waals surface area contributed by atoms with Crippen LogP contribution in [-0.2, 0) is 10.0 Å². The van der Waals surface area contributed by atoms with Crippen LogP contribution in [0.4, 0.5) is 0 Å². The van der Waals surface area contributed by atoms with Gasteiger partial charge in [0.1, 0.15) is 0 Å². The van der Waals surface area contributed by atoms with Crippen LogP contribution in [0.15, 0.2) is 35.2 Å². The van der Waals surface area contributed by atoms with Gasteiger partial charge in [-0.1, -0.05) is 11.6 Å². The van der Waals surface area contributed by atoms with Gasteiger partial charge < -0.3 is 5.32 Å². The molecule has 11 heteroatoms. The predicted octanol–water partition coefficient (Wildman–Crippen LogP) is 1.10. The van der Waals surface area contributed by atoms with E-state index < -0.39 is 15.9 Å². The highest BCUT2D eigenvalue weighted by molar-refractivity contribution is 7.89. The highest BCUT2D eigenvalue weighted by Crippen LogP contribution is 2.13. The number of halogens is 1. The average Bonchev–Trinajstić information content (AvgIpc) is 3.03. The third-order valence-electron chi connectivity index (χ3n) is 3.72. The number of carbonyl (C=O) groups is 1. The summed E-state index contributed by atoms with van der Waals surface area (Å²) < 4.78 is 28.3. The topological polar surface area (TPSA) is 118 Å².